The molecule has 0 radical (unpaired) electrons. The summed E-state index contributed by atoms with van der Waals surface area (Å²) in [5.74, 6) is -0.613. The maximum Gasteiger partial charge on any atom is 0.248 e. The molecule has 1 aromatic carbocycles. The standard InChI is InChI=1S/C16H17N3O2S/c1-11-10-22-16(17-11)19-15(21)12(2)18-14(20)9-8-13-6-4-3-5-7-13/h3-10,12H,1-2H3,(H,18,20)(H,17,19,21). The van der Waals surface area contributed by atoms with E-state index in [1.807, 2.05) is 42.6 Å². The second-order valence-electron chi connectivity index (χ2n) is 4.76. The van der Waals surface area contributed by atoms with Gasteiger partial charge >= 0.3 is 0 Å². The molecule has 0 spiro atoms. The van der Waals surface area contributed by atoms with Crippen LogP contribution in [0.2, 0.25) is 0 Å². The van der Waals surface area contributed by atoms with Gasteiger partial charge in [-0.05, 0) is 25.5 Å². The monoisotopic (exact) mass is 315 g/mol. The van der Waals surface area contributed by atoms with Crippen molar-refractivity contribution in [1.29, 1.82) is 0 Å². The fraction of sp³-hybridized carbons (Fsp3) is 0.188. The number of anilines is 1. The first-order valence-electron chi connectivity index (χ1n) is 6.81. The van der Waals surface area contributed by atoms with Crippen molar-refractivity contribution < 1.29 is 9.59 Å². The normalized spacial score (nSPS) is 12.1. The Morgan fingerprint density at radius 2 is 2.00 bits per heavy atom. The predicted octanol–water partition coefficient (Wildman–Crippen LogP) is 2.61. The average molecular weight is 315 g/mol. The molecule has 2 amide bonds. The van der Waals surface area contributed by atoms with E-state index in [4.69, 9.17) is 0 Å². The van der Waals surface area contributed by atoms with Crippen molar-refractivity contribution in [2.45, 2.75) is 19.9 Å². The van der Waals surface area contributed by atoms with Crippen LogP contribution in [-0.4, -0.2) is 22.8 Å². The van der Waals surface area contributed by atoms with Gasteiger partial charge in [0, 0.05) is 11.5 Å². The third-order valence-electron chi connectivity index (χ3n) is 2.83. The first kappa shape index (κ1) is 15.9. The summed E-state index contributed by atoms with van der Waals surface area (Å²) < 4.78 is 0. The maximum absolute atomic E-state index is 11.9. The van der Waals surface area contributed by atoms with E-state index in [0.29, 0.717) is 5.13 Å². The van der Waals surface area contributed by atoms with E-state index in [-0.39, 0.29) is 11.8 Å². The Kier molecular flexibility index (Phi) is 5.43. The lowest BCUT2D eigenvalue weighted by molar-refractivity contribution is -0.123. The number of rotatable bonds is 5. The Bertz CT molecular complexity index is 680. The molecule has 5 nitrogen and oxygen atoms in total. The number of hydrogen-bond donors (Lipinski definition) is 2. The van der Waals surface area contributed by atoms with Gasteiger partial charge in [0.2, 0.25) is 11.8 Å². The highest BCUT2D eigenvalue weighted by Crippen LogP contribution is 2.14. The Balaban J connectivity index is 1.85. The zero-order valence-corrected chi connectivity index (χ0v) is 13.2. The number of carbonyl (C=O) groups is 2. The third kappa shape index (κ3) is 4.82. The van der Waals surface area contributed by atoms with Crippen LogP contribution in [0.15, 0.2) is 41.8 Å². The number of benzene rings is 1. The van der Waals surface area contributed by atoms with Gasteiger partial charge < -0.3 is 10.6 Å². The van der Waals surface area contributed by atoms with Gasteiger partial charge in [-0.1, -0.05) is 30.3 Å². The second kappa shape index (κ2) is 7.51. The van der Waals surface area contributed by atoms with Crippen LogP contribution in [0.25, 0.3) is 6.08 Å². The first-order valence-corrected chi connectivity index (χ1v) is 7.69. The van der Waals surface area contributed by atoms with E-state index in [0.717, 1.165) is 11.3 Å². The molecule has 1 aromatic heterocycles. The van der Waals surface area contributed by atoms with Crippen LogP contribution >= 0.6 is 11.3 Å². The van der Waals surface area contributed by atoms with Crippen molar-refractivity contribution in [2.75, 3.05) is 5.32 Å². The summed E-state index contributed by atoms with van der Waals surface area (Å²) in [6.45, 7) is 3.48. The van der Waals surface area contributed by atoms with Crippen LogP contribution in [0.4, 0.5) is 5.13 Å². The van der Waals surface area contributed by atoms with Gasteiger partial charge in [-0.2, -0.15) is 0 Å². The molecule has 0 bridgehead atoms. The minimum Gasteiger partial charge on any atom is -0.341 e. The highest BCUT2D eigenvalue weighted by atomic mass is 32.1. The van der Waals surface area contributed by atoms with Crippen LogP contribution in [0.5, 0.6) is 0 Å². The number of amides is 2. The molecule has 0 aliphatic rings. The lowest BCUT2D eigenvalue weighted by Crippen LogP contribution is -2.40. The Morgan fingerprint density at radius 3 is 2.64 bits per heavy atom. The van der Waals surface area contributed by atoms with Crippen molar-refractivity contribution in [3.8, 4) is 0 Å². The van der Waals surface area contributed by atoms with Crippen molar-refractivity contribution in [3.05, 3.63) is 53.0 Å². The summed E-state index contributed by atoms with van der Waals surface area (Å²) >= 11 is 1.35. The number of aromatic nitrogens is 1. The highest BCUT2D eigenvalue weighted by molar-refractivity contribution is 7.13. The minimum atomic E-state index is -0.642. The van der Waals surface area contributed by atoms with Crippen LogP contribution in [0, 0.1) is 6.92 Å². The maximum atomic E-state index is 11.9. The SMILES string of the molecule is Cc1csc(NC(=O)C(C)NC(=O)C=Cc2ccccc2)n1. The molecule has 2 aromatic rings. The van der Waals surface area contributed by atoms with Crippen LogP contribution in [0.3, 0.4) is 0 Å². The molecule has 0 saturated heterocycles. The third-order valence-corrected chi connectivity index (χ3v) is 3.70. The molecular formula is C16H17N3O2S. The summed E-state index contributed by atoms with van der Waals surface area (Å²) in [5, 5.41) is 7.67. The van der Waals surface area contributed by atoms with Crippen molar-refractivity contribution in [3.63, 3.8) is 0 Å². The predicted molar refractivity (Wildman–Crippen MR) is 88.6 cm³/mol. The van der Waals surface area contributed by atoms with E-state index in [2.05, 4.69) is 15.6 Å². The van der Waals surface area contributed by atoms with Crippen molar-refractivity contribution in [2.24, 2.45) is 0 Å². The number of carbonyl (C=O) groups excluding carboxylic acids is 2. The molecule has 6 heteroatoms. The molecular weight excluding hydrogens is 298 g/mol. The molecule has 0 aliphatic carbocycles. The van der Waals surface area contributed by atoms with Gasteiger partial charge in [-0.25, -0.2) is 4.98 Å². The molecule has 2 rings (SSSR count). The van der Waals surface area contributed by atoms with Gasteiger partial charge in [-0.15, -0.1) is 11.3 Å². The number of thiazole rings is 1. The smallest absolute Gasteiger partial charge is 0.248 e. The quantitative estimate of drug-likeness (QED) is 0.833. The van der Waals surface area contributed by atoms with Crippen LogP contribution in [-0.2, 0) is 9.59 Å². The Labute approximate surface area is 133 Å². The molecule has 2 N–H and O–H groups in total. The fourth-order valence-electron chi connectivity index (χ4n) is 1.69. The highest BCUT2D eigenvalue weighted by Gasteiger charge is 2.15. The van der Waals surface area contributed by atoms with Gasteiger partial charge in [0.25, 0.3) is 0 Å². The number of nitrogens with zero attached hydrogens (tertiary/aromatic N) is 1. The fourth-order valence-corrected chi connectivity index (χ4v) is 2.38. The molecule has 0 aliphatic heterocycles. The van der Waals surface area contributed by atoms with Gasteiger partial charge in [0.05, 0.1) is 5.69 Å². The van der Waals surface area contributed by atoms with Gasteiger partial charge in [0.1, 0.15) is 6.04 Å². The lowest BCUT2D eigenvalue weighted by atomic mass is 10.2. The number of aryl methyl sites for hydroxylation is 1. The number of hydrogen-bond acceptors (Lipinski definition) is 4. The van der Waals surface area contributed by atoms with Crippen molar-refractivity contribution >= 4 is 34.4 Å². The molecule has 1 unspecified atom stereocenters. The van der Waals surface area contributed by atoms with Crippen LogP contribution < -0.4 is 10.6 Å². The van der Waals surface area contributed by atoms with E-state index >= 15 is 0 Å². The minimum absolute atomic E-state index is 0.296. The van der Waals surface area contributed by atoms with E-state index < -0.39 is 6.04 Å². The zero-order valence-electron chi connectivity index (χ0n) is 12.4. The largest absolute Gasteiger partial charge is 0.341 e. The van der Waals surface area contributed by atoms with Gasteiger partial charge in [-0.3, -0.25) is 9.59 Å². The van der Waals surface area contributed by atoms with Gasteiger partial charge in [0.15, 0.2) is 5.13 Å². The molecule has 0 fully saturated rings. The summed E-state index contributed by atoms with van der Waals surface area (Å²) in [5.41, 5.74) is 1.77. The lowest BCUT2D eigenvalue weighted by Gasteiger charge is -2.11. The average Bonchev–Trinajstić information content (AvgIpc) is 2.91. The number of nitrogens with one attached hydrogen (secondary N) is 2. The molecule has 1 heterocycles. The Morgan fingerprint density at radius 1 is 1.27 bits per heavy atom. The molecule has 1 atom stereocenters. The van der Waals surface area contributed by atoms with Crippen LogP contribution in [0.1, 0.15) is 18.2 Å². The van der Waals surface area contributed by atoms with E-state index in [1.165, 1.54) is 17.4 Å². The zero-order chi connectivity index (χ0) is 15.9. The van der Waals surface area contributed by atoms with E-state index in [9.17, 15) is 9.59 Å². The second-order valence-corrected chi connectivity index (χ2v) is 5.62. The Hall–Kier alpha value is -2.47. The molecule has 0 saturated carbocycles. The molecule has 114 valence electrons. The summed E-state index contributed by atoms with van der Waals surface area (Å²) in [6, 6.07) is 8.84. The summed E-state index contributed by atoms with van der Waals surface area (Å²) in [4.78, 5) is 27.9. The summed E-state index contributed by atoms with van der Waals surface area (Å²) in [7, 11) is 0. The van der Waals surface area contributed by atoms with Crippen molar-refractivity contribution in [1.82, 2.24) is 10.3 Å². The van der Waals surface area contributed by atoms with E-state index in [1.54, 1.807) is 13.0 Å². The molecule has 22 heavy (non-hydrogen) atoms. The first-order chi connectivity index (χ1) is 10.5. The summed E-state index contributed by atoms with van der Waals surface area (Å²) in [6.07, 6.45) is 3.11. The topological polar surface area (TPSA) is 71.1 Å².